The molecule has 1 aliphatic rings. The van der Waals surface area contributed by atoms with Gasteiger partial charge in [0, 0.05) is 30.5 Å². The smallest absolute Gasteiger partial charge is 0.393 e. The summed E-state index contributed by atoms with van der Waals surface area (Å²) in [6.07, 6.45) is -3.96. The summed E-state index contributed by atoms with van der Waals surface area (Å²) in [4.78, 5) is 17.8. The first kappa shape index (κ1) is 24.9. The van der Waals surface area contributed by atoms with Crippen molar-refractivity contribution >= 4 is 28.9 Å². The van der Waals surface area contributed by atoms with Crippen molar-refractivity contribution in [1.82, 2.24) is 9.88 Å². The first-order valence-electron chi connectivity index (χ1n) is 9.69. The first-order valence-corrected chi connectivity index (χ1v) is 10.1. The van der Waals surface area contributed by atoms with Crippen molar-refractivity contribution in [2.24, 2.45) is 0 Å². The SMILES string of the molecule is O=C(Nc1ccc(C(F)(F)F)cc1)N1CC=C(c2ncc(C(F)(F)[C@@H](O)CO)cc2Cl)CC1. The van der Waals surface area contributed by atoms with Gasteiger partial charge in [0.25, 0.3) is 0 Å². The lowest BCUT2D eigenvalue weighted by Gasteiger charge is -2.27. The number of rotatable bonds is 5. The van der Waals surface area contributed by atoms with E-state index < -0.39 is 42.0 Å². The number of carbonyl (C=O) groups excluding carboxylic acids is 1. The molecule has 0 fully saturated rings. The number of alkyl halides is 5. The second-order valence-electron chi connectivity index (χ2n) is 7.31. The van der Waals surface area contributed by atoms with Crippen LogP contribution >= 0.6 is 11.6 Å². The number of aromatic nitrogens is 1. The Kier molecular flexibility index (Phi) is 7.25. The van der Waals surface area contributed by atoms with E-state index >= 15 is 0 Å². The van der Waals surface area contributed by atoms with Crippen molar-refractivity contribution in [2.45, 2.75) is 24.6 Å². The number of halogens is 6. The normalized spacial score (nSPS) is 15.8. The van der Waals surface area contributed by atoms with Crippen molar-refractivity contribution in [3.63, 3.8) is 0 Å². The van der Waals surface area contributed by atoms with E-state index in [0.717, 1.165) is 36.5 Å². The maximum Gasteiger partial charge on any atom is 0.416 e. The Balaban J connectivity index is 1.66. The highest BCUT2D eigenvalue weighted by molar-refractivity contribution is 6.32. The number of nitrogens with one attached hydrogen (secondary N) is 1. The topological polar surface area (TPSA) is 85.7 Å². The van der Waals surface area contributed by atoms with Crippen LogP contribution in [0.1, 0.15) is 23.2 Å². The van der Waals surface area contributed by atoms with Gasteiger partial charge in [0.05, 0.1) is 22.9 Å². The van der Waals surface area contributed by atoms with Gasteiger partial charge in [0.15, 0.2) is 0 Å². The summed E-state index contributed by atoms with van der Waals surface area (Å²) >= 11 is 6.11. The van der Waals surface area contributed by atoms with Crippen molar-refractivity contribution < 1.29 is 37.0 Å². The minimum atomic E-state index is -4.47. The van der Waals surface area contributed by atoms with Gasteiger partial charge in [0.1, 0.15) is 6.10 Å². The molecule has 12 heteroatoms. The summed E-state index contributed by atoms with van der Waals surface area (Å²) in [6, 6.07) is 4.49. The van der Waals surface area contributed by atoms with Crippen LogP contribution in [0, 0.1) is 0 Å². The van der Waals surface area contributed by atoms with Crippen LogP contribution in [0.3, 0.4) is 0 Å². The van der Waals surface area contributed by atoms with Crippen molar-refractivity contribution in [3.8, 4) is 0 Å². The second-order valence-corrected chi connectivity index (χ2v) is 7.71. The average Bonchev–Trinajstić information content (AvgIpc) is 2.78. The highest BCUT2D eigenvalue weighted by Crippen LogP contribution is 2.35. The van der Waals surface area contributed by atoms with Crippen LogP contribution in [0.2, 0.25) is 5.02 Å². The monoisotopic (exact) mass is 491 g/mol. The molecule has 3 N–H and O–H groups in total. The van der Waals surface area contributed by atoms with E-state index in [9.17, 15) is 31.9 Å². The Labute approximate surface area is 190 Å². The molecular weight excluding hydrogens is 473 g/mol. The Morgan fingerprint density at radius 2 is 1.85 bits per heavy atom. The Morgan fingerprint density at radius 1 is 1.18 bits per heavy atom. The molecule has 2 amide bonds. The van der Waals surface area contributed by atoms with Gasteiger partial charge in [-0.1, -0.05) is 17.7 Å². The standard InChI is InChI=1S/C21H19ClF5N3O3/c22-16-9-14(20(23,24)17(32)11-31)10-28-18(16)12-5-7-30(8-6-12)19(33)29-15-3-1-13(2-4-15)21(25,26)27/h1-5,9-10,17,31-32H,6-8,11H2,(H,29,33)/t17-/m0/s1. The van der Waals surface area contributed by atoms with E-state index in [1.165, 1.54) is 4.90 Å². The third-order valence-corrected chi connectivity index (χ3v) is 5.37. The van der Waals surface area contributed by atoms with Crippen molar-refractivity contribution in [1.29, 1.82) is 0 Å². The second kappa shape index (κ2) is 9.62. The Bertz CT molecular complexity index is 1040. The molecule has 0 spiro atoms. The summed E-state index contributed by atoms with van der Waals surface area (Å²) in [5.74, 6) is -3.74. The molecular formula is C21H19ClF5N3O3. The zero-order valence-electron chi connectivity index (χ0n) is 16.9. The van der Waals surface area contributed by atoms with E-state index in [4.69, 9.17) is 16.7 Å². The molecule has 1 aromatic carbocycles. The predicted molar refractivity (Wildman–Crippen MR) is 111 cm³/mol. The molecule has 0 bridgehead atoms. The lowest BCUT2D eigenvalue weighted by Crippen LogP contribution is -2.38. The Morgan fingerprint density at radius 3 is 2.36 bits per heavy atom. The predicted octanol–water partition coefficient (Wildman–Crippen LogP) is 4.52. The minimum Gasteiger partial charge on any atom is -0.393 e. The fourth-order valence-corrected chi connectivity index (χ4v) is 3.46. The number of nitrogens with zero attached hydrogens (tertiary/aromatic N) is 2. The molecule has 0 saturated carbocycles. The molecule has 0 aliphatic carbocycles. The number of benzene rings is 1. The van der Waals surface area contributed by atoms with Gasteiger partial charge in [-0.05, 0) is 42.3 Å². The number of urea groups is 1. The zero-order valence-corrected chi connectivity index (χ0v) is 17.7. The number of hydrogen-bond acceptors (Lipinski definition) is 4. The lowest BCUT2D eigenvalue weighted by atomic mass is 10.0. The van der Waals surface area contributed by atoms with E-state index in [-0.39, 0.29) is 29.5 Å². The van der Waals surface area contributed by atoms with E-state index in [0.29, 0.717) is 12.0 Å². The number of aliphatic hydroxyl groups is 2. The van der Waals surface area contributed by atoms with Gasteiger partial charge < -0.3 is 20.4 Å². The van der Waals surface area contributed by atoms with Gasteiger partial charge in [0.2, 0.25) is 0 Å². The summed E-state index contributed by atoms with van der Waals surface area (Å²) in [6.45, 7) is -0.764. The highest BCUT2D eigenvalue weighted by atomic mass is 35.5. The fourth-order valence-electron chi connectivity index (χ4n) is 3.18. The molecule has 2 aromatic rings. The summed E-state index contributed by atoms with van der Waals surface area (Å²) < 4.78 is 66.1. The van der Waals surface area contributed by atoms with Crippen molar-refractivity contribution in [3.05, 3.63) is 64.4 Å². The number of anilines is 1. The van der Waals surface area contributed by atoms with Gasteiger partial charge in [-0.15, -0.1) is 0 Å². The van der Waals surface area contributed by atoms with Gasteiger partial charge in [-0.3, -0.25) is 4.98 Å². The van der Waals surface area contributed by atoms with Crippen LogP contribution in [-0.4, -0.2) is 51.9 Å². The molecule has 0 saturated heterocycles. The number of pyridine rings is 1. The maximum atomic E-state index is 14.1. The van der Waals surface area contributed by atoms with Crippen LogP contribution in [0.4, 0.5) is 32.4 Å². The highest BCUT2D eigenvalue weighted by Gasteiger charge is 2.41. The minimum absolute atomic E-state index is 0.0776. The molecule has 1 aliphatic heterocycles. The van der Waals surface area contributed by atoms with Crippen LogP contribution in [0.5, 0.6) is 0 Å². The van der Waals surface area contributed by atoms with Crippen LogP contribution < -0.4 is 5.32 Å². The summed E-state index contributed by atoms with van der Waals surface area (Å²) in [7, 11) is 0. The largest absolute Gasteiger partial charge is 0.416 e. The third kappa shape index (κ3) is 5.60. The number of hydrogen-bond donors (Lipinski definition) is 3. The fraction of sp³-hybridized carbons (Fsp3) is 0.333. The Hall–Kier alpha value is -2.76. The van der Waals surface area contributed by atoms with Gasteiger partial charge in [-0.25, -0.2) is 4.79 Å². The molecule has 6 nitrogen and oxygen atoms in total. The number of amides is 2. The molecule has 3 rings (SSSR count). The summed E-state index contributed by atoms with van der Waals surface area (Å²) in [5, 5.41) is 20.5. The van der Waals surface area contributed by atoms with E-state index in [1.54, 1.807) is 6.08 Å². The van der Waals surface area contributed by atoms with E-state index in [1.807, 2.05) is 0 Å². The zero-order chi connectivity index (χ0) is 24.4. The quantitative estimate of drug-likeness (QED) is 0.537. The number of aliphatic hydroxyl groups excluding tert-OH is 2. The van der Waals surface area contributed by atoms with Gasteiger partial charge in [-0.2, -0.15) is 22.0 Å². The molecule has 0 radical (unpaired) electrons. The first-order chi connectivity index (χ1) is 15.4. The molecule has 0 unspecified atom stereocenters. The van der Waals surface area contributed by atoms with Crippen molar-refractivity contribution in [2.75, 3.05) is 25.0 Å². The van der Waals surface area contributed by atoms with E-state index in [2.05, 4.69) is 10.3 Å². The third-order valence-electron chi connectivity index (χ3n) is 5.08. The van der Waals surface area contributed by atoms with Crippen LogP contribution in [-0.2, 0) is 12.1 Å². The number of carbonyl (C=O) groups is 1. The molecule has 178 valence electrons. The van der Waals surface area contributed by atoms with Crippen LogP contribution in [0.25, 0.3) is 5.57 Å². The maximum absolute atomic E-state index is 14.1. The molecule has 1 aromatic heterocycles. The van der Waals surface area contributed by atoms with Crippen LogP contribution in [0.15, 0.2) is 42.6 Å². The summed E-state index contributed by atoms with van der Waals surface area (Å²) in [5.41, 5.74) is -0.403. The molecule has 2 heterocycles. The average molecular weight is 492 g/mol. The molecule has 1 atom stereocenters. The molecule has 33 heavy (non-hydrogen) atoms. The lowest BCUT2D eigenvalue weighted by molar-refractivity contribution is -0.137. The van der Waals surface area contributed by atoms with Gasteiger partial charge >= 0.3 is 18.1 Å².